The fourth-order valence-corrected chi connectivity index (χ4v) is 2.79. The Balaban J connectivity index is 2.15. The molecule has 0 atom stereocenters. The van der Waals surface area contributed by atoms with Crippen molar-refractivity contribution in [3.63, 3.8) is 0 Å². The van der Waals surface area contributed by atoms with Crippen molar-refractivity contribution in [1.29, 1.82) is 0 Å². The number of fused-ring (bicyclic) bond motifs is 1. The van der Waals surface area contributed by atoms with Crippen molar-refractivity contribution >= 4 is 23.0 Å². The Morgan fingerprint density at radius 3 is 2.90 bits per heavy atom. The van der Waals surface area contributed by atoms with Gasteiger partial charge >= 0.3 is 0 Å². The van der Waals surface area contributed by atoms with Gasteiger partial charge in [-0.1, -0.05) is 5.57 Å². The van der Waals surface area contributed by atoms with Crippen molar-refractivity contribution in [3.8, 4) is 0 Å². The Labute approximate surface area is 118 Å². The first kappa shape index (κ1) is 13.4. The number of thioether (sulfide) groups is 1. The van der Waals surface area contributed by atoms with E-state index in [0.717, 1.165) is 5.57 Å². The van der Waals surface area contributed by atoms with Gasteiger partial charge in [0.25, 0.3) is 5.92 Å². The summed E-state index contributed by atoms with van der Waals surface area (Å²) in [4.78, 5) is 4.10. The zero-order valence-corrected chi connectivity index (χ0v) is 11.9. The van der Waals surface area contributed by atoms with Gasteiger partial charge in [0, 0.05) is 18.4 Å². The fraction of sp³-hybridized carbons (Fsp3) is 0.500. The van der Waals surface area contributed by atoms with Crippen molar-refractivity contribution < 1.29 is 8.78 Å². The smallest absolute Gasteiger partial charge is 0.224 e. The number of alkyl halides is 2. The molecule has 1 aliphatic carbocycles. The summed E-state index contributed by atoms with van der Waals surface area (Å²) in [7, 11) is 0. The molecule has 2 aromatic rings. The predicted octanol–water partition coefficient (Wildman–Crippen LogP) is 2.83. The highest BCUT2D eigenvalue weighted by Crippen LogP contribution is 2.40. The van der Waals surface area contributed by atoms with Gasteiger partial charge in [0.2, 0.25) is 5.65 Å². The van der Waals surface area contributed by atoms with E-state index >= 15 is 0 Å². The first-order chi connectivity index (χ1) is 9.52. The highest BCUT2D eigenvalue weighted by atomic mass is 32.2. The quantitative estimate of drug-likeness (QED) is 0.798. The summed E-state index contributed by atoms with van der Waals surface area (Å²) in [5.74, 6) is -2.29. The van der Waals surface area contributed by atoms with Gasteiger partial charge in [0.1, 0.15) is 11.4 Å². The van der Waals surface area contributed by atoms with Crippen LogP contribution in [0.5, 0.6) is 0 Å². The molecule has 0 fully saturated rings. The van der Waals surface area contributed by atoms with Gasteiger partial charge in [-0.2, -0.15) is 9.61 Å². The third-order valence-corrected chi connectivity index (χ3v) is 4.13. The molecular formula is C12H13F2N5S. The summed E-state index contributed by atoms with van der Waals surface area (Å²) in [5.41, 5.74) is 1.97. The molecule has 0 spiro atoms. The molecule has 1 aliphatic rings. The molecular weight excluding hydrogens is 284 g/mol. The Bertz CT molecular complexity index is 694. The number of allylic oxidation sites excluding steroid dienone is 2. The van der Waals surface area contributed by atoms with Gasteiger partial charge in [-0.3, -0.25) is 0 Å². The zero-order valence-electron chi connectivity index (χ0n) is 11.1. The zero-order chi connectivity index (χ0) is 14.3. The lowest BCUT2D eigenvalue weighted by molar-refractivity contribution is -0.00575. The van der Waals surface area contributed by atoms with Crippen LogP contribution in [0.1, 0.15) is 32.0 Å². The van der Waals surface area contributed by atoms with Crippen LogP contribution in [0, 0.1) is 0 Å². The summed E-state index contributed by atoms with van der Waals surface area (Å²) in [6, 6.07) is 0. The SMILES string of the molecule is CSc1ncnn2c(C3=C(C)CCC(F)(F)C3)nnc12. The van der Waals surface area contributed by atoms with E-state index in [1.165, 1.54) is 22.6 Å². The molecule has 0 aromatic carbocycles. The number of nitrogens with zero attached hydrogens (tertiary/aromatic N) is 5. The molecule has 0 saturated carbocycles. The average Bonchev–Trinajstić information content (AvgIpc) is 2.85. The van der Waals surface area contributed by atoms with E-state index < -0.39 is 5.92 Å². The van der Waals surface area contributed by atoms with Gasteiger partial charge in [-0.15, -0.1) is 22.0 Å². The molecule has 0 N–H and O–H groups in total. The normalized spacial score (nSPS) is 18.8. The highest BCUT2D eigenvalue weighted by Gasteiger charge is 2.36. The maximum Gasteiger partial charge on any atom is 0.252 e. The molecule has 0 bridgehead atoms. The lowest BCUT2D eigenvalue weighted by atomic mass is 9.89. The van der Waals surface area contributed by atoms with E-state index in [1.807, 2.05) is 13.2 Å². The van der Waals surface area contributed by atoms with E-state index in [0.29, 0.717) is 28.5 Å². The Morgan fingerprint density at radius 2 is 2.15 bits per heavy atom. The van der Waals surface area contributed by atoms with Crippen LogP contribution in [0.15, 0.2) is 16.9 Å². The Hall–Kier alpha value is -1.57. The van der Waals surface area contributed by atoms with Crippen molar-refractivity contribution in [2.75, 3.05) is 6.26 Å². The van der Waals surface area contributed by atoms with Crippen molar-refractivity contribution in [2.24, 2.45) is 0 Å². The second-order valence-corrected chi connectivity index (χ2v) is 5.61. The number of halogens is 2. The third kappa shape index (κ3) is 2.17. The van der Waals surface area contributed by atoms with Crippen LogP contribution in [-0.2, 0) is 0 Å². The van der Waals surface area contributed by atoms with E-state index in [-0.39, 0.29) is 12.8 Å². The maximum atomic E-state index is 13.6. The summed E-state index contributed by atoms with van der Waals surface area (Å²) >= 11 is 1.42. The molecule has 0 aliphatic heterocycles. The number of rotatable bonds is 2. The van der Waals surface area contributed by atoms with E-state index in [1.54, 1.807) is 0 Å². The summed E-state index contributed by atoms with van der Waals surface area (Å²) in [6.07, 6.45) is 3.22. The van der Waals surface area contributed by atoms with Crippen molar-refractivity contribution in [3.05, 3.63) is 17.7 Å². The van der Waals surface area contributed by atoms with E-state index in [2.05, 4.69) is 20.3 Å². The number of hydrogen-bond acceptors (Lipinski definition) is 5. The minimum Gasteiger partial charge on any atom is -0.224 e. The van der Waals surface area contributed by atoms with Crippen LogP contribution in [0.4, 0.5) is 8.78 Å². The molecule has 5 nitrogen and oxygen atoms in total. The van der Waals surface area contributed by atoms with Gasteiger partial charge in [-0.05, 0) is 19.6 Å². The largest absolute Gasteiger partial charge is 0.252 e. The minimum atomic E-state index is -2.68. The molecule has 106 valence electrons. The monoisotopic (exact) mass is 297 g/mol. The van der Waals surface area contributed by atoms with Crippen LogP contribution >= 0.6 is 11.8 Å². The Morgan fingerprint density at radius 1 is 1.35 bits per heavy atom. The average molecular weight is 297 g/mol. The molecule has 0 amide bonds. The first-order valence-electron chi connectivity index (χ1n) is 6.19. The van der Waals surface area contributed by atoms with Crippen LogP contribution in [0.3, 0.4) is 0 Å². The Kier molecular flexibility index (Phi) is 3.19. The molecule has 0 unspecified atom stereocenters. The van der Waals surface area contributed by atoms with Gasteiger partial charge in [-0.25, -0.2) is 13.8 Å². The topological polar surface area (TPSA) is 56.0 Å². The van der Waals surface area contributed by atoms with Crippen LogP contribution in [0.25, 0.3) is 11.2 Å². The van der Waals surface area contributed by atoms with Gasteiger partial charge in [0.15, 0.2) is 5.82 Å². The second-order valence-electron chi connectivity index (χ2n) is 4.82. The summed E-state index contributed by atoms with van der Waals surface area (Å²) in [5, 5.41) is 12.9. The lowest BCUT2D eigenvalue weighted by Crippen LogP contribution is -2.22. The number of aromatic nitrogens is 5. The predicted molar refractivity (Wildman–Crippen MR) is 71.8 cm³/mol. The van der Waals surface area contributed by atoms with Gasteiger partial charge < -0.3 is 0 Å². The van der Waals surface area contributed by atoms with Crippen LogP contribution in [0.2, 0.25) is 0 Å². The fourth-order valence-electron chi connectivity index (χ4n) is 2.33. The van der Waals surface area contributed by atoms with Crippen LogP contribution < -0.4 is 0 Å². The molecule has 0 saturated heterocycles. The van der Waals surface area contributed by atoms with Crippen molar-refractivity contribution in [1.82, 2.24) is 24.8 Å². The standard InChI is InChI=1S/C12H13F2N5S/c1-7-3-4-12(13,14)5-8(7)9-17-18-10-11(20-2)15-6-16-19(9)10/h6H,3-5H2,1-2H3. The molecule has 0 radical (unpaired) electrons. The first-order valence-corrected chi connectivity index (χ1v) is 7.41. The van der Waals surface area contributed by atoms with Gasteiger partial charge in [0.05, 0.1) is 0 Å². The second kappa shape index (κ2) is 4.76. The highest BCUT2D eigenvalue weighted by molar-refractivity contribution is 7.98. The third-order valence-electron chi connectivity index (χ3n) is 3.45. The summed E-state index contributed by atoms with van der Waals surface area (Å²) < 4.78 is 28.8. The van der Waals surface area contributed by atoms with Crippen LogP contribution in [-0.4, -0.2) is 37.0 Å². The van der Waals surface area contributed by atoms with Crippen molar-refractivity contribution in [2.45, 2.75) is 37.1 Å². The maximum absolute atomic E-state index is 13.6. The molecule has 2 heterocycles. The minimum absolute atomic E-state index is 0.107. The number of hydrogen-bond donors (Lipinski definition) is 0. The van der Waals surface area contributed by atoms with E-state index in [4.69, 9.17) is 0 Å². The molecule has 20 heavy (non-hydrogen) atoms. The molecule has 8 heteroatoms. The molecule has 2 aromatic heterocycles. The summed E-state index contributed by atoms with van der Waals surface area (Å²) in [6.45, 7) is 1.86. The lowest BCUT2D eigenvalue weighted by Gasteiger charge is -2.24. The van der Waals surface area contributed by atoms with E-state index in [9.17, 15) is 8.78 Å². The molecule has 3 rings (SSSR count).